The van der Waals surface area contributed by atoms with Gasteiger partial charge in [0, 0.05) is 6.42 Å². The molecule has 0 bridgehead atoms. The van der Waals surface area contributed by atoms with Crippen LogP contribution in [0.4, 0.5) is 9.18 Å². The molecule has 1 N–H and O–H groups in total. The smallest absolute Gasteiger partial charge is 0.410 e. The van der Waals surface area contributed by atoms with Gasteiger partial charge in [0.05, 0.1) is 19.2 Å². The molecule has 0 saturated carbocycles. The Hall–Kier alpha value is -1.82. The van der Waals surface area contributed by atoms with Crippen LogP contribution in [0.15, 0.2) is 24.3 Å². The van der Waals surface area contributed by atoms with Crippen LogP contribution in [-0.4, -0.2) is 47.0 Å². The van der Waals surface area contributed by atoms with Crippen molar-refractivity contribution in [3.63, 3.8) is 0 Å². The molecular weight excluding hydrogens is 289 g/mol. The number of ether oxygens (including phenoxy) is 2. The number of nitrogens with zero attached hydrogens (tertiary/aromatic N) is 1. The molecule has 1 aromatic carbocycles. The van der Waals surface area contributed by atoms with Crippen LogP contribution in [0.3, 0.4) is 0 Å². The van der Waals surface area contributed by atoms with Gasteiger partial charge < -0.3 is 14.6 Å². The molecule has 0 spiro atoms. The van der Waals surface area contributed by atoms with Crippen molar-refractivity contribution in [2.45, 2.75) is 44.9 Å². The third kappa shape index (κ3) is 4.34. The predicted octanol–water partition coefficient (Wildman–Crippen LogP) is 2.57. The molecule has 1 fully saturated rings. The van der Waals surface area contributed by atoms with E-state index in [1.54, 1.807) is 32.9 Å². The van der Waals surface area contributed by atoms with E-state index in [1.165, 1.54) is 17.0 Å². The molecule has 1 amide bonds. The summed E-state index contributed by atoms with van der Waals surface area (Å²) in [4.78, 5) is 13.6. The lowest BCUT2D eigenvalue weighted by molar-refractivity contribution is 0.0165. The van der Waals surface area contributed by atoms with Gasteiger partial charge in [-0.25, -0.2) is 9.18 Å². The highest BCUT2D eigenvalue weighted by atomic mass is 19.1. The molecule has 1 aliphatic rings. The second-order valence-corrected chi connectivity index (χ2v) is 6.40. The lowest BCUT2D eigenvalue weighted by Gasteiger charge is -2.27. The Kier molecular flexibility index (Phi) is 4.90. The molecule has 6 heteroatoms. The standard InChI is InChI=1S/C16H22FNO4/c1-16(2,3)22-15(20)18-9-14(8-12(18)10-19)21-13-6-4-11(17)5-7-13/h4-7,12,14,19H,8-10H2,1-3H3. The van der Waals surface area contributed by atoms with Crippen LogP contribution in [0.25, 0.3) is 0 Å². The summed E-state index contributed by atoms with van der Waals surface area (Å²) in [6, 6.07) is 5.39. The number of carbonyl (C=O) groups excluding carboxylic acids is 1. The fraction of sp³-hybridized carbons (Fsp3) is 0.562. The average molecular weight is 311 g/mol. The summed E-state index contributed by atoms with van der Waals surface area (Å²) in [5, 5.41) is 9.45. The van der Waals surface area contributed by atoms with Gasteiger partial charge in [-0.3, -0.25) is 4.90 Å². The van der Waals surface area contributed by atoms with Gasteiger partial charge in [-0.05, 0) is 45.0 Å². The Bertz CT molecular complexity index is 512. The first-order valence-corrected chi connectivity index (χ1v) is 7.31. The molecule has 0 aromatic heterocycles. The van der Waals surface area contributed by atoms with Crippen LogP contribution < -0.4 is 4.74 Å². The summed E-state index contributed by atoms with van der Waals surface area (Å²) >= 11 is 0. The maximum Gasteiger partial charge on any atom is 0.410 e. The molecule has 1 saturated heterocycles. The van der Waals surface area contributed by atoms with Crippen molar-refractivity contribution in [3.05, 3.63) is 30.1 Å². The average Bonchev–Trinajstić information content (AvgIpc) is 2.83. The van der Waals surface area contributed by atoms with E-state index in [0.29, 0.717) is 18.7 Å². The zero-order valence-electron chi connectivity index (χ0n) is 13.1. The van der Waals surface area contributed by atoms with E-state index < -0.39 is 11.7 Å². The lowest BCUT2D eigenvalue weighted by atomic mass is 10.2. The highest BCUT2D eigenvalue weighted by molar-refractivity contribution is 5.69. The summed E-state index contributed by atoms with van der Waals surface area (Å²) < 4.78 is 24.0. The molecule has 2 atom stereocenters. The van der Waals surface area contributed by atoms with Gasteiger partial charge >= 0.3 is 6.09 Å². The molecule has 22 heavy (non-hydrogen) atoms. The Morgan fingerprint density at radius 1 is 1.36 bits per heavy atom. The van der Waals surface area contributed by atoms with E-state index in [2.05, 4.69) is 0 Å². The van der Waals surface area contributed by atoms with Gasteiger partial charge in [-0.1, -0.05) is 0 Å². The Labute approximate surface area is 129 Å². The minimum absolute atomic E-state index is 0.150. The van der Waals surface area contributed by atoms with Gasteiger partial charge in [0.25, 0.3) is 0 Å². The van der Waals surface area contributed by atoms with Gasteiger partial charge in [0.1, 0.15) is 23.3 Å². The number of halogens is 1. The van der Waals surface area contributed by atoms with E-state index in [0.717, 1.165) is 0 Å². The molecule has 122 valence electrons. The van der Waals surface area contributed by atoms with E-state index in [-0.39, 0.29) is 24.6 Å². The Morgan fingerprint density at radius 2 is 2.00 bits per heavy atom. The monoisotopic (exact) mass is 311 g/mol. The third-order valence-corrected chi connectivity index (χ3v) is 3.33. The zero-order valence-corrected chi connectivity index (χ0v) is 13.1. The summed E-state index contributed by atoms with van der Waals surface area (Å²) in [6.07, 6.45) is -0.209. The molecule has 1 heterocycles. The summed E-state index contributed by atoms with van der Waals surface area (Å²) in [7, 11) is 0. The van der Waals surface area contributed by atoms with Crippen LogP contribution in [0, 0.1) is 5.82 Å². The number of aliphatic hydroxyl groups excluding tert-OH is 1. The van der Waals surface area contributed by atoms with E-state index in [4.69, 9.17) is 9.47 Å². The number of aliphatic hydroxyl groups is 1. The summed E-state index contributed by atoms with van der Waals surface area (Å²) in [5.41, 5.74) is -0.590. The van der Waals surface area contributed by atoms with Crippen LogP contribution >= 0.6 is 0 Å². The minimum Gasteiger partial charge on any atom is -0.489 e. The van der Waals surface area contributed by atoms with Crippen molar-refractivity contribution in [3.8, 4) is 5.75 Å². The molecule has 0 radical (unpaired) electrons. The highest BCUT2D eigenvalue weighted by Crippen LogP contribution is 2.25. The van der Waals surface area contributed by atoms with Crippen LogP contribution in [0.5, 0.6) is 5.75 Å². The second-order valence-electron chi connectivity index (χ2n) is 6.40. The zero-order chi connectivity index (χ0) is 16.3. The first-order chi connectivity index (χ1) is 10.3. The van der Waals surface area contributed by atoms with Crippen molar-refractivity contribution in [2.24, 2.45) is 0 Å². The quantitative estimate of drug-likeness (QED) is 0.932. The maximum atomic E-state index is 12.9. The number of amides is 1. The number of hydrogen-bond donors (Lipinski definition) is 1. The van der Waals surface area contributed by atoms with Crippen LogP contribution in [-0.2, 0) is 4.74 Å². The number of likely N-dealkylation sites (tertiary alicyclic amines) is 1. The molecule has 2 unspecified atom stereocenters. The Morgan fingerprint density at radius 3 is 2.55 bits per heavy atom. The SMILES string of the molecule is CC(C)(C)OC(=O)N1CC(Oc2ccc(F)cc2)CC1CO. The summed E-state index contributed by atoms with van der Waals surface area (Å²) in [5.74, 6) is 0.205. The third-order valence-electron chi connectivity index (χ3n) is 3.33. The van der Waals surface area contributed by atoms with Crippen molar-refractivity contribution >= 4 is 6.09 Å². The first kappa shape index (κ1) is 16.5. The van der Waals surface area contributed by atoms with Crippen molar-refractivity contribution in [1.29, 1.82) is 0 Å². The van der Waals surface area contributed by atoms with Crippen molar-refractivity contribution in [1.82, 2.24) is 4.90 Å². The number of rotatable bonds is 3. The van der Waals surface area contributed by atoms with Gasteiger partial charge in [0.15, 0.2) is 0 Å². The maximum absolute atomic E-state index is 12.9. The number of carbonyl (C=O) groups is 1. The van der Waals surface area contributed by atoms with E-state index in [9.17, 15) is 14.3 Å². The minimum atomic E-state index is -0.590. The fourth-order valence-corrected chi connectivity index (χ4v) is 2.38. The Balaban J connectivity index is 1.99. The predicted molar refractivity (Wildman–Crippen MR) is 79.2 cm³/mol. The molecule has 1 aromatic rings. The second kappa shape index (κ2) is 6.52. The van der Waals surface area contributed by atoms with Gasteiger partial charge in [-0.15, -0.1) is 0 Å². The number of benzene rings is 1. The van der Waals surface area contributed by atoms with Crippen molar-refractivity contribution < 1.29 is 23.8 Å². The lowest BCUT2D eigenvalue weighted by Crippen LogP contribution is -2.41. The molecular formula is C16H22FNO4. The number of hydrogen-bond acceptors (Lipinski definition) is 4. The van der Waals surface area contributed by atoms with Crippen LogP contribution in [0.2, 0.25) is 0 Å². The first-order valence-electron chi connectivity index (χ1n) is 7.31. The highest BCUT2D eigenvalue weighted by Gasteiger charge is 2.38. The van der Waals surface area contributed by atoms with Gasteiger partial charge in [0.2, 0.25) is 0 Å². The molecule has 5 nitrogen and oxygen atoms in total. The van der Waals surface area contributed by atoms with E-state index in [1.807, 2.05) is 0 Å². The molecule has 0 aliphatic carbocycles. The van der Waals surface area contributed by atoms with E-state index >= 15 is 0 Å². The molecule has 1 aliphatic heterocycles. The fourth-order valence-electron chi connectivity index (χ4n) is 2.38. The van der Waals surface area contributed by atoms with Crippen molar-refractivity contribution in [2.75, 3.05) is 13.2 Å². The normalized spacial score (nSPS) is 21.8. The largest absolute Gasteiger partial charge is 0.489 e. The topological polar surface area (TPSA) is 59.0 Å². The van der Waals surface area contributed by atoms with Gasteiger partial charge in [-0.2, -0.15) is 0 Å². The molecule has 2 rings (SSSR count). The van der Waals surface area contributed by atoms with Crippen LogP contribution in [0.1, 0.15) is 27.2 Å². The summed E-state index contributed by atoms with van der Waals surface area (Å²) in [6.45, 7) is 5.56.